The second-order valence-electron chi connectivity index (χ2n) is 8.10. The molecule has 1 aliphatic heterocycles. The Labute approximate surface area is 205 Å². The third kappa shape index (κ3) is 4.97. The number of fused-ring (bicyclic) bond motifs is 2. The van der Waals surface area contributed by atoms with Gasteiger partial charge in [0.05, 0.1) is 23.3 Å². The van der Waals surface area contributed by atoms with Crippen molar-refractivity contribution in [1.82, 2.24) is 4.90 Å². The monoisotopic (exact) mass is 492 g/mol. The third-order valence-corrected chi connectivity index (χ3v) is 5.65. The number of esters is 1. The van der Waals surface area contributed by atoms with Crippen LogP contribution in [0.4, 0.5) is 10.5 Å². The van der Waals surface area contributed by atoms with Crippen LogP contribution >= 0.6 is 0 Å². The van der Waals surface area contributed by atoms with Crippen LogP contribution in [0, 0.1) is 0 Å². The average Bonchev–Trinajstić information content (AvgIpc) is 3.09. The number of hydrogen-bond acceptors (Lipinski definition) is 8. The number of ether oxygens (including phenoxy) is 2. The van der Waals surface area contributed by atoms with E-state index in [2.05, 4.69) is 5.32 Å². The Morgan fingerprint density at radius 1 is 0.944 bits per heavy atom. The Balaban J connectivity index is 1.51. The highest BCUT2D eigenvalue weighted by molar-refractivity contribution is 6.22. The van der Waals surface area contributed by atoms with Crippen molar-refractivity contribution in [3.05, 3.63) is 75.1 Å². The summed E-state index contributed by atoms with van der Waals surface area (Å²) in [5, 5.41) is 3.04. The largest absolute Gasteiger partial charge is 0.457 e. The fraction of sp³-hybridized carbons (Fsp3) is 0.269. The molecule has 4 rings (SSSR count). The molecule has 0 aliphatic carbocycles. The van der Waals surface area contributed by atoms with Crippen molar-refractivity contribution >= 4 is 40.5 Å². The summed E-state index contributed by atoms with van der Waals surface area (Å²) in [4.78, 5) is 62.8. The Hall–Kier alpha value is -4.47. The molecular weight excluding hydrogens is 468 g/mol. The molecule has 3 amide bonds. The van der Waals surface area contributed by atoms with Crippen LogP contribution in [0.25, 0.3) is 11.0 Å². The lowest BCUT2D eigenvalue weighted by Gasteiger charge is -2.12. The summed E-state index contributed by atoms with van der Waals surface area (Å²) in [7, 11) is 0. The van der Waals surface area contributed by atoms with Crippen molar-refractivity contribution in [1.29, 1.82) is 0 Å². The number of nitrogens with zero attached hydrogens (tertiary/aromatic N) is 1. The first kappa shape index (κ1) is 24.6. The molecular formula is C26H24N2O8. The first-order valence-electron chi connectivity index (χ1n) is 11.5. The topological polar surface area (TPSA) is 132 Å². The lowest BCUT2D eigenvalue weighted by atomic mass is 10.1. The van der Waals surface area contributed by atoms with E-state index >= 15 is 0 Å². The van der Waals surface area contributed by atoms with Gasteiger partial charge in [0.2, 0.25) is 0 Å². The maximum absolute atomic E-state index is 12.7. The number of hydrogen-bond donors (Lipinski definition) is 1. The molecule has 0 radical (unpaired) electrons. The fourth-order valence-electron chi connectivity index (χ4n) is 3.88. The predicted molar refractivity (Wildman–Crippen MR) is 129 cm³/mol. The molecule has 0 saturated heterocycles. The van der Waals surface area contributed by atoms with Gasteiger partial charge in [-0.05, 0) is 43.7 Å². The second kappa shape index (κ2) is 10.4. The van der Waals surface area contributed by atoms with Gasteiger partial charge >= 0.3 is 17.7 Å². The molecule has 0 saturated carbocycles. The van der Waals surface area contributed by atoms with Crippen LogP contribution in [0.15, 0.2) is 51.7 Å². The smallest absolute Gasteiger partial charge is 0.411 e. The molecule has 186 valence electrons. The standard InChI is InChI=1S/C26H24N2O8/c1-3-5-10-28-23(30)19-8-6-15(11-20(19)24(28)31)25(32)35-14-16-12-22(29)36-21-13-17(7-9-18(16)21)27-26(33)34-4-2/h6-9,11-13H,3-5,10,14H2,1-2H3,(H,27,33). The van der Waals surface area contributed by atoms with Gasteiger partial charge in [0.25, 0.3) is 11.8 Å². The zero-order valence-electron chi connectivity index (χ0n) is 19.8. The van der Waals surface area contributed by atoms with E-state index < -0.39 is 23.6 Å². The number of imide groups is 1. The summed E-state index contributed by atoms with van der Waals surface area (Å²) >= 11 is 0. The van der Waals surface area contributed by atoms with E-state index in [0.29, 0.717) is 29.6 Å². The van der Waals surface area contributed by atoms with E-state index in [4.69, 9.17) is 13.9 Å². The minimum Gasteiger partial charge on any atom is -0.457 e. The number of nitrogens with one attached hydrogen (secondary N) is 1. The zero-order valence-corrected chi connectivity index (χ0v) is 19.8. The Bertz CT molecular complexity index is 1430. The van der Waals surface area contributed by atoms with Crippen molar-refractivity contribution in [2.24, 2.45) is 0 Å². The maximum Gasteiger partial charge on any atom is 0.411 e. The third-order valence-electron chi connectivity index (χ3n) is 5.65. The van der Waals surface area contributed by atoms with Gasteiger partial charge in [-0.2, -0.15) is 0 Å². The molecule has 1 aromatic heterocycles. The zero-order chi connectivity index (χ0) is 25.8. The number of carbonyl (C=O) groups is 4. The molecule has 1 aliphatic rings. The van der Waals surface area contributed by atoms with Crippen molar-refractivity contribution < 1.29 is 33.1 Å². The number of carbonyl (C=O) groups excluding carboxylic acids is 4. The number of anilines is 1. The van der Waals surface area contributed by atoms with E-state index in [1.807, 2.05) is 6.92 Å². The number of unbranched alkanes of at least 4 members (excludes halogenated alkanes) is 1. The van der Waals surface area contributed by atoms with E-state index in [9.17, 15) is 24.0 Å². The quantitative estimate of drug-likeness (QED) is 0.282. The van der Waals surface area contributed by atoms with Crippen LogP contribution in [-0.2, 0) is 16.1 Å². The van der Waals surface area contributed by atoms with Gasteiger partial charge in [-0.3, -0.25) is 19.8 Å². The van der Waals surface area contributed by atoms with Crippen molar-refractivity contribution in [3.8, 4) is 0 Å². The summed E-state index contributed by atoms with van der Waals surface area (Å²) in [5.41, 5.74) is 0.830. The van der Waals surface area contributed by atoms with Crippen molar-refractivity contribution in [2.75, 3.05) is 18.5 Å². The molecule has 2 aromatic carbocycles. The van der Waals surface area contributed by atoms with Gasteiger partial charge in [0, 0.05) is 35.3 Å². The molecule has 2 heterocycles. The molecule has 0 spiro atoms. The minimum absolute atomic E-state index is 0.112. The van der Waals surface area contributed by atoms with E-state index in [-0.39, 0.29) is 41.4 Å². The highest BCUT2D eigenvalue weighted by atomic mass is 16.5. The minimum atomic E-state index is -0.716. The van der Waals surface area contributed by atoms with Gasteiger partial charge in [-0.25, -0.2) is 14.4 Å². The van der Waals surface area contributed by atoms with Crippen LogP contribution in [-0.4, -0.2) is 41.9 Å². The highest BCUT2D eigenvalue weighted by Gasteiger charge is 2.35. The summed E-state index contributed by atoms with van der Waals surface area (Å²) in [5.74, 6) is -1.52. The van der Waals surface area contributed by atoms with Crippen LogP contribution in [0.5, 0.6) is 0 Å². The highest BCUT2D eigenvalue weighted by Crippen LogP contribution is 2.26. The second-order valence-corrected chi connectivity index (χ2v) is 8.10. The number of benzene rings is 2. The molecule has 0 fully saturated rings. The normalized spacial score (nSPS) is 12.6. The lowest BCUT2D eigenvalue weighted by molar-refractivity contribution is 0.0473. The molecule has 36 heavy (non-hydrogen) atoms. The Morgan fingerprint density at radius 2 is 1.72 bits per heavy atom. The van der Waals surface area contributed by atoms with Crippen LogP contribution in [0.2, 0.25) is 0 Å². The summed E-state index contributed by atoms with van der Waals surface area (Å²) in [6, 6.07) is 10.1. The molecule has 10 heteroatoms. The lowest BCUT2D eigenvalue weighted by Crippen LogP contribution is -2.30. The summed E-state index contributed by atoms with van der Waals surface area (Å²) < 4.78 is 15.5. The van der Waals surface area contributed by atoms with Crippen LogP contribution < -0.4 is 10.9 Å². The first-order chi connectivity index (χ1) is 17.3. The fourth-order valence-corrected chi connectivity index (χ4v) is 3.88. The molecule has 0 bridgehead atoms. The van der Waals surface area contributed by atoms with Gasteiger partial charge in [0.1, 0.15) is 12.2 Å². The van der Waals surface area contributed by atoms with Crippen LogP contribution in [0.3, 0.4) is 0 Å². The van der Waals surface area contributed by atoms with E-state index in [1.165, 1.54) is 35.2 Å². The Kier molecular flexibility index (Phi) is 7.14. The van der Waals surface area contributed by atoms with Crippen LogP contribution in [0.1, 0.15) is 63.3 Å². The maximum atomic E-state index is 12.7. The molecule has 1 N–H and O–H groups in total. The summed E-state index contributed by atoms with van der Waals surface area (Å²) in [6.45, 7) is 3.93. The Morgan fingerprint density at radius 3 is 2.47 bits per heavy atom. The number of rotatable bonds is 8. The summed E-state index contributed by atoms with van der Waals surface area (Å²) in [6.07, 6.45) is 0.882. The molecule has 0 unspecified atom stereocenters. The first-order valence-corrected chi connectivity index (χ1v) is 11.5. The number of amides is 3. The predicted octanol–water partition coefficient (Wildman–Crippen LogP) is 4.11. The average molecular weight is 492 g/mol. The molecule has 3 aromatic rings. The van der Waals surface area contributed by atoms with Gasteiger partial charge in [-0.1, -0.05) is 13.3 Å². The van der Waals surface area contributed by atoms with Gasteiger partial charge in [-0.15, -0.1) is 0 Å². The van der Waals surface area contributed by atoms with Gasteiger partial charge in [0.15, 0.2) is 0 Å². The van der Waals surface area contributed by atoms with Gasteiger partial charge < -0.3 is 13.9 Å². The SMILES string of the molecule is CCCCN1C(=O)c2ccc(C(=O)OCc3cc(=O)oc4cc(NC(=O)OCC)ccc34)cc2C1=O. The molecule has 0 atom stereocenters. The van der Waals surface area contributed by atoms with Crippen molar-refractivity contribution in [2.45, 2.75) is 33.3 Å². The van der Waals surface area contributed by atoms with Crippen molar-refractivity contribution in [3.63, 3.8) is 0 Å². The van der Waals surface area contributed by atoms with E-state index in [0.717, 1.165) is 6.42 Å². The molecule has 10 nitrogen and oxygen atoms in total. The van der Waals surface area contributed by atoms with E-state index in [1.54, 1.807) is 19.1 Å².